The molecule has 0 saturated carbocycles. The maximum Gasteiger partial charge on any atom is 0.220 e. The van der Waals surface area contributed by atoms with Crippen molar-refractivity contribution in [2.75, 3.05) is 46.2 Å². The van der Waals surface area contributed by atoms with Crippen LogP contribution in [0, 0.1) is 0 Å². The highest BCUT2D eigenvalue weighted by atomic mass is 16.8. The van der Waals surface area contributed by atoms with Crippen LogP contribution in [0.2, 0.25) is 0 Å². The minimum atomic E-state index is -2.46. The number of carbonyl (C=O) groups excluding carboxylic acids is 3. The Labute approximate surface area is 808 Å². The molecule has 8 aliphatic rings. The zero-order valence-corrected chi connectivity index (χ0v) is 81.0. The third-order valence-electron chi connectivity index (χ3n) is 27.4. The maximum atomic E-state index is 13.7. The lowest BCUT2D eigenvalue weighted by atomic mass is 9.93. The van der Waals surface area contributed by atoms with E-state index in [1.165, 1.54) is 155 Å². The molecule has 0 aromatic rings. The molecule has 8 rings (SSSR count). The zero-order chi connectivity index (χ0) is 101. The number of hydrogen-bond acceptors (Lipinski definition) is 41. The van der Waals surface area contributed by atoms with Crippen LogP contribution < -0.4 is 16.0 Å². The summed E-state index contributed by atoms with van der Waals surface area (Å²) in [5.74, 6) is -2.30. The molecule has 0 aromatic heterocycles. The van der Waals surface area contributed by atoms with Crippen LogP contribution in [-0.4, -0.2) is 434 Å². The van der Waals surface area contributed by atoms with Gasteiger partial charge in [0.15, 0.2) is 50.3 Å². The lowest BCUT2D eigenvalue weighted by Crippen LogP contribution is -2.72. The second-order valence-corrected chi connectivity index (χ2v) is 38.4. The van der Waals surface area contributed by atoms with Crippen LogP contribution in [0.3, 0.4) is 0 Å². The summed E-state index contributed by atoms with van der Waals surface area (Å²) < 4.78 is 97.8. The quantitative estimate of drug-likeness (QED) is 0.0223. The van der Waals surface area contributed by atoms with Crippen LogP contribution in [0.1, 0.15) is 260 Å². The Kier molecular flexibility index (Phi) is 54.5. The molecular weight excluding hydrogens is 1830 g/mol. The van der Waals surface area contributed by atoms with Gasteiger partial charge in [-0.2, -0.15) is 0 Å². The summed E-state index contributed by atoms with van der Waals surface area (Å²) in [4.78, 5) is 40.9. The highest BCUT2D eigenvalue weighted by molar-refractivity contribution is 5.76. The molecule has 8 heterocycles. The van der Waals surface area contributed by atoms with Gasteiger partial charge < -0.3 is 204 Å². The molecular formula is C94H169N3O41. The van der Waals surface area contributed by atoms with Crippen molar-refractivity contribution >= 4 is 17.7 Å². The summed E-state index contributed by atoms with van der Waals surface area (Å²) >= 11 is 0. The molecule has 16 unspecified atom stereocenters. The largest absolute Gasteiger partial charge is 0.394 e. The van der Waals surface area contributed by atoms with Crippen molar-refractivity contribution in [3.05, 3.63) is 12.2 Å². The van der Waals surface area contributed by atoms with Gasteiger partial charge in [-0.3, -0.25) is 14.4 Å². The lowest BCUT2D eigenvalue weighted by molar-refractivity contribution is -0.400. The topological polar surface area (TPSA) is 680 Å². The minimum absolute atomic E-state index is 0.142. The number of aliphatic hydroxyl groups is 22. The van der Waals surface area contributed by atoms with Gasteiger partial charge in [0.25, 0.3) is 0 Å². The van der Waals surface area contributed by atoms with E-state index in [4.69, 9.17) is 75.8 Å². The van der Waals surface area contributed by atoms with Crippen LogP contribution in [0.4, 0.5) is 0 Å². The van der Waals surface area contributed by atoms with Gasteiger partial charge in [-0.15, -0.1) is 0 Å². The van der Waals surface area contributed by atoms with Gasteiger partial charge in [0.05, 0.1) is 70.6 Å². The van der Waals surface area contributed by atoms with Gasteiger partial charge in [0.2, 0.25) is 17.7 Å². The van der Waals surface area contributed by atoms with Crippen LogP contribution in [-0.2, 0) is 90.2 Å². The first-order valence-electron chi connectivity index (χ1n) is 50.7. The van der Waals surface area contributed by atoms with Crippen molar-refractivity contribution in [3.63, 3.8) is 0 Å². The molecule has 138 heavy (non-hydrogen) atoms. The second-order valence-electron chi connectivity index (χ2n) is 38.4. The number of allylic oxidation sites excluding steroid dienone is 1. The normalized spacial score (nSPS) is 39.2. The minimum Gasteiger partial charge on any atom is -0.394 e. The van der Waals surface area contributed by atoms with Gasteiger partial charge in [0.1, 0.15) is 183 Å². The van der Waals surface area contributed by atoms with Crippen LogP contribution in [0.5, 0.6) is 0 Å². The molecule has 8 saturated heterocycles. The first-order valence-corrected chi connectivity index (χ1v) is 50.7. The average Bonchev–Trinajstić information content (AvgIpc) is 0.740. The number of ether oxygens (including phenoxy) is 16. The van der Waals surface area contributed by atoms with E-state index in [2.05, 4.69) is 29.8 Å². The van der Waals surface area contributed by atoms with E-state index in [-0.39, 0.29) is 12.3 Å². The number of carbonyl (C=O) groups is 3. The van der Waals surface area contributed by atoms with Gasteiger partial charge in [-0.1, -0.05) is 219 Å². The molecule has 806 valence electrons. The summed E-state index contributed by atoms with van der Waals surface area (Å²) in [7, 11) is 0. The van der Waals surface area contributed by atoms with Crippen molar-refractivity contribution in [2.24, 2.45) is 0 Å². The number of nitrogens with one attached hydrogen (secondary N) is 3. The number of hydrogen-bond donors (Lipinski definition) is 25. The summed E-state index contributed by atoms with van der Waals surface area (Å²) in [5.41, 5.74) is 0. The Balaban J connectivity index is 0.971. The second kappa shape index (κ2) is 62.7. The molecule has 0 radical (unpaired) electrons. The van der Waals surface area contributed by atoms with E-state index >= 15 is 0 Å². The molecule has 8 aliphatic heterocycles. The van der Waals surface area contributed by atoms with Crippen molar-refractivity contribution in [3.8, 4) is 0 Å². The van der Waals surface area contributed by atoms with Gasteiger partial charge in [-0.05, 0) is 33.1 Å². The van der Waals surface area contributed by atoms with Crippen LogP contribution in [0.15, 0.2) is 12.2 Å². The molecule has 8 fully saturated rings. The molecule has 0 aromatic carbocycles. The first kappa shape index (κ1) is 120. The summed E-state index contributed by atoms with van der Waals surface area (Å²) in [6.45, 7) is 1.81. The molecule has 3 amide bonds. The van der Waals surface area contributed by atoms with Crippen LogP contribution in [0.25, 0.3) is 0 Å². The molecule has 0 spiro atoms. The molecule has 44 heteroatoms. The van der Waals surface area contributed by atoms with Crippen molar-refractivity contribution in [1.82, 2.24) is 16.0 Å². The summed E-state index contributed by atoms with van der Waals surface area (Å²) in [6.07, 6.45) is -35.5. The smallest absolute Gasteiger partial charge is 0.220 e. The molecule has 44 nitrogen and oxygen atoms in total. The molecule has 42 atom stereocenters. The number of unbranched alkanes of at least 4 members (excludes halogenated alkanes) is 31. The van der Waals surface area contributed by atoms with Crippen molar-refractivity contribution < 1.29 is 203 Å². The molecule has 0 bridgehead atoms. The van der Waals surface area contributed by atoms with Crippen molar-refractivity contribution in [1.29, 1.82) is 0 Å². The lowest BCUT2D eigenvalue weighted by Gasteiger charge is -2.52. The third-order valence-corrected chi connectivity index (χ3v) is 27.4. The standard InChI is InChI=1S/C94H169N3O41/c1-7-9-11-13-15-17-19-21-22-23-24-25-26-27-28-30-32-34-36-38-40-42-62(107)97-54(55(106)41-39-37-35-33-31-29-20-18-16-14-12-10-8-2)49-123-89-77(120)73(116)80(59(46-101)131-89)132-93-78(121)85(68(111)57(44-99)127-93)137-87-63(95-52(5)104)83(135-91-75(118)71(114)66(109)51(4)125-91)82(61(48-103)130-87)134-94-79(122)86(69(112)58(45-100)128-94)138-88-64(96-53(6)105)84(136-92-76(119)72(115)67(110)56(43-98)126-92)81(60(47-102)129-88)133-90-74(117)70(113)65(108)50(3)124-90/h39,41,50-51,54-61,63-94,98-103,106,108-122H,7-38,40,42-49H2,1-6H3,(H,95,104)(H,96,105)(H,97,107)/b41-39+/t50?,51?,54-,55+,56?,57?,58?,59?,60?,61?,63?,64?,65+,66+,67-,68-,69-,70?,71?,72-,73+,74-,75-,76?,77?,78?,79?,80+,81+,82+,83+,84+,85-,86-,87-,88-,89+,90+,91+,92-,93-,94-/m0/s1. The predicted molar refractivity (Wildman–Crippen MR) is 484 cm³/mol. The fraction of sp³-hybridized carbons (Fsp3) is 0.947. The fourth-order valence-corrected chi connectivity index (χ4v) is 19.0. The summed E-state index contributed by atoms with van der Waals surface area (Å²) in [6, 6.07) is -5.09. The van der Waals surface area contributed by atoms with E-state index in [1.54, 1.807) is 6.08 Å². The van der Waals surface area contributed by atoms with E-state index in [0.717, 1.165) is 71.6 Å². The average molecular weight is 2000 g/mol. The highest BCUT2D eigenvalue weighted by Crippen LogP contribution is 2.41. The van der Waals surface area contributed by atoms with E-state index < -0.39 is 316 Å². The Morgan fingerprint density at radius 1 is 0.297 bits per heavy atom. The predicted octanol–water partition coefficient (Wildman–Crippen LogP) is -2.38. The van der Waals surface area contributed by atoms with Gasteiger partial charge >= 0.3 is 0 Å². The van der Waals surface area contributed by atoms with E-state index in [9.17, 15) is 127 Å². The first-order chi connectivity index (χ1) is 66.2. The third kappa shape index (κ3) is 35.2. The van der Waals surface area contributed by atoms with Gasteiger partial charge in [-0.25, -0.2) is 0 Å². The number of aliphatic hydroxyl groups excluding tert-OH is 22. The fourth-order valence-electron chi connectivity index (χ4n) is 19.0. The Bertz CT molecular complexity index is 3340. The number of rotatable bonds is 62. The highest BCUT2D eigenvalue weighted by Gasteiger charge is 2.62. The van der Waals surface area contributed by atoms with E-state index in [1.807, 2.05) is 6.08 Å². The SMILES string of the molecule is CCCCCCCCCCCCC/C=C/[C@@H](O)[C@H](CO[C@@H]1OC(CO)[C@@H](O[C@@H]2OC(CO)[C@H](O)[C@H](O[C@@H]3OC(CO)[C@@H](O[C@@H]4OC(CO)[C@H](O)[C@H](O[C@@H]5OC(CO)[C@@H](O[C@H]6OC(C)[C@@H](O)C(O)[C@@H]6O)[C@H](O[C@@H]6OC(CO)[C@H](O)[C@H](O)C6O)C5NC(C)=O)C4O)[C@H](O[C@H]4OC(C)[C@@H](O)C(O)[C@@H]4O)C3NC(C)=O)C2O)[C@H](O)C1O)NC(=O)CCCCCCCCCCCCCCCCCCCCCCC. The maximum absolute atomic E-state index is 13.7. The number of amides is 3. The van der Waals surface area contributed by atoms with E-state index in [0.29, 0.717) is 12.8 Å². The zero-order valence-electron chi connectivity index (χ0n) is 81.0. The molecule has 0 aliphatic carbocycles. The van der Waals surface area contributed by atoms with Gasteiger partial charge in [0, 0.05) is 20.3 Å². The molecule has 25 N–H and O–H groups in total. The Morgan fingerprint density at radius 2 is 0.580 bits per heavy atom. The van der Waals surface area contributed by atoms with Crippen molar-refractivity contribution in [2.45, 2.75) is 518 Å². The Hall–Kier alpha value is -3.37. The monoisotopic (exact) mass is 2000 g/mol. The Morgan fingerprint density at radius 3 is 0.942 bits per heavy atom. The van der Waals surface area contributed by atoms with Crippen LogP contribution >= 0.6 is 0 Å². The summed E-state index contributed by atoms with van der Waals surface area (Å²) in [5, 5.41) is 257.